The minimum atomic E-state index is -3.80. The zero-order valence-corrected chi connectivity index (χ0v) is 13.7. The smallest absolute Gasteiger partial charge is 0.351 e. The van der Waals surface area contributed by atoms with E-state index in [4.69, 9.17) is 15.2 Å². The van der Waals surface area contributed by atoms with Crippen molar-refractivity contribution >= 4 is 18.1 Å². The van der Waals surface area contributed by atoms with Crippen LogP contribution in [0.15, 0.2) is 17.1 Å². The maximum Gasteiger partial charge on any atom is 0.351 e. The molecule has 0 aliphatic carbocycles. The van der Waals surface area contributed by atoms with Gasteiger partial charge < -0.3 is 25.1 Å². The molecule has 0 aromatic carbocycles. The highest BCUT2D eigenvalue weighted by atomic mass is 19.3. The fraction of sp³-hybridized carbons (Fsp3) is 0.600. The molecule has 3 N–H and O–H groups in total. The van der Waals surface area contributed by atoms with Crippen molar-refractivity contribution in [3.63, 3.8) is 0 Å². The van der Waals surface area contributed by atoms with E-state index >= 15 is 0 Å². The largest absolute Gasteiger partial charge is 0.463 e. The van der Waals surface area contributed by atoms with Crippen LogP contribution >= 0.6 is 0 Å². The molecular weight excluding hydrogens is 356 g/mol. The van der Waals surface area contributed by atoms with Gasteiger partial charge in [-0.05, 0) is 18.9 Å². The third-order valence-electron chi connectivity index (χ3n) is 3.85. The fourth-order valence-corrected chi connectivity index (χ4v) is 2.45. The number of hydrogen-bond donors (Lipinski definition) is 2. The summed E-state index contributed by atoms with van der Waals surface area (Å²) in [6.07, 6.45) is -2.94. The lowest BCUT2D eigenvalue weighted by Crippen LogP contribution is -2.42. The first-order chi connectivity index (χ1) is 12.3. The number of aliphatic hydroxyl groups excluding tert-OH is 1. The van der Waals surface area contributed by atoms with Crippen LogP contribution in [0.25, 0.3) is 0 Å². The van der Waals surface area contributed by atoms with Gasteiger partial charge in [0.25, 0.3) is 0 Å². The Kier molecular flexibility index (Phi) is 6.37. The zero-order chi connectivity index (χ0) is 19.3. The van der Waals surface area contributed by atoms with Gasteiger partial charge in [-0.25, -0.2) is 4.79 Å². The second kappa shape index (κ2) is 8.32. The van der Waals surface area contributed by atoms with E-state index in [1.54, 1.807) is 0 Å². The Morgan fingerprint density at radius 1 is 1.50 bits per heavy atom. The zero-order valence-electron chi connectivity index (χ0n) is 13.7. The molecule has 9 nitrogen and oxygen atoms in total. The SMILES string of the molecule is Nc1ccn([C@@H]2O[C@H](COC(=O)CCCCC=O)[C@@H](O)C2(F)F)c(=O)n1. The number of carbonyl (C=O) groups excluding carboxylic acids is 2. The minimum absolute atomic E-state index is 0.0117. The molecule has 2 heterocycles. The molecular formula is C15H19F2N3O6. The first-order valence-corrected chi connectivity index (χ1v) is 7.92. The van der Waals surface area contributed by atoms with E-state index < -0.39 is 42.6 Å². The van der Waals surface area contributed by atoms with E-state index in [0.29, 0.717) is 23.8 Å². The molecule has 1 fully saturated rings. The summed E-state index contributed by atoms with van der Waals surface area (Å²) in [6.45, 7) is -0.600. The predicted octanol–water partition coefficient (Wildman–Crippen LogP) is 0.0216. The highest BCUT2D eigenvalue weighted by Gasteiger charge is 2.60. The molecule has 0 spiro atoms. The molecule has 11 heteroatoms. The van der Waals surface area contributed by atoms with Gasteiger partial charge in [0.15, 0.2) is 6.10 Å². The number of halogens is 2. The maximum absolute atomic E-state index is 14.3. The van der Waals surface area contributed by atoms with Crippen molar-refractivity contribution < 1.29 is 33.0 Å². The molecule has 3 atom stereocenters. The van der Waals surface area contributed by atoms with E-state index in [1.165, 1.54) is 0 Å². The van der Waals surface area contributed by atoms with Crippen LogP contribution in [-0.2, 0) is 19.1 Å². The van der Waals surface area contributed by atoms with Crippen molar-refractivity contribution in [2.45, 2.75) is 50.0 Å². The van der Waals surface area contributed by atoms with E-state index in [2.05, 4.69) is 4.98 Å². The number of alkyl halides is 2. The van der Waals surface area contributed by atoms with Gasteiger partial charge in [-0.15, -0.1) is 0 Å². The van der Waals surface area contributed by atoms with Crippen LogP contribution in [-0.4, -0.2) is 51.7 Å². The van der Waals surface area contributed by atoms with Crippen molar-refractivity contribution in [3.05, 3.63) is 22.7 Å². The predicted molar refractivity (Wildman–Crippen MR) is 83.3 cm³/mol. The van der Waals surface area contributed by atoms with Gasteiger partial charge in [-0.1, -0.05) is 0 Å². The van der Waals surface area contributed by atoms with Crippen molar-refractivity contribution in [2.24, 2.45) is 0 Å². The maximum atomic E-state index is 14.3. The van der Waals surface area contributed by atoms with Crippen LogP contribution in [0.2, 0.25) is 0 Å². The molecule has 2 rings (SSSR count). The molecule has 1 aromatic rings. The van der Waals surface area contributed by atoms with Gasteiger partial charge in [0.1, 0.15) is 24.8 Å². The topological polar surface area (TPSA) is 134 Å². The lowest BCUT2D eigenvalue weighted by Gasteiger charge is -2.20. The molecule has 1 saturated heterocycles. The number of ether oxygens (including phenoxy) is 2. The number of nitrogens with zero attached hydrogens (tertiary/aromatic N) is 2. The Hall–Kier alpha value is -2.40. The molecule has 1 aliphatic rings. The van der Waals surface area contributed by atoms with Crippen molar-refractivity contribution in [1.82, 2.24) is 9.55 Å². The van der Waals surface area contributed by atoms with E-state index in [9.17, 15) is 28.3 Å². The Labute approximate surface area is 146 Å². The molecule has 144 valence electrons. The monoisotopic (exact) mass is 375 g/mol. The van der Waals surface area contributed by atoms with Crippen LogP contribution in [0.1, 0.15) is 31.9 Å². The quantitative estimate of drug-likeness (QED) is 0.369. The van der Waals surface area contributed by atoms with Crippen molar-refractivity contribution in [1.29, 1.82) is 0 Å². The summed E-state index contributed by atoms with van der Waals surface area (Å²) in [5, 5.41) is 9.79. The number of carbonyl (C=O) groups is 2. The third kappa shape index (κ3) is 4.41. The van der Waals surface area contributed by atoms with Crippen molar-refractivity contribution in [2.75, 3.05) is 12.3 Å². The molecule has 0 unspecified atom stereocenters. The second-order valence-electron chi connectivity index (χ2n) is 5.78. The summed E-state index contributed by atoms with van der Waals surface area (Å²) >= 11 is 0. The first-order valence-electron chi connectivity index (χ1n) is 7.92. The van der Waals surface area contributed by atoms with E-state index in [0.717, 1.165) is 18.5 Å². The van der Waals surface area contributed by atoms with E-state index in [1.807, 2.05) is 0 Å². The number of rotatable bonds is 8. The summed E-state index contributed by atoms with van der Waals surface area (Å²) in [5.41, 5.74) is 4.25. The first kappa shape index (κ1) is 19.9. The number of anilines is 1. The van der Waals surface area contributed by atoms with Gasteiger partial charge in [-0.2, -0.15) is 13.8 Å². The number of esters is 1. The minimum Gasteiger partial charge on any atom is -0.463 e. The lowest BCUT2D eigenvalue weighted by molar-refractivity contribution is -0.150. The third-order valence-corrected chi connectivity index (χ3v) is 3.85. The molecule has 1 aliphatic heterocycles. The van der Waals surface area contributed by atoms with Gasteiger partial charge >= 0.3 is 17.6 Å². The summed E-state index contributed by atoms with van der Waals surface area (Å²) in [5.74, 6) is -4.61. The van der Waals surface area contributed by atoms with Gasteiger partial charge in [0.05, 0.1) is 0 Å². The van der Waals surface area contributed by atoms with E-state index in [-0.39, 0.29) is 12.2 Å². The highest BCUT2D eigenvalue weighted by molar-refractivity contribution is 5.69. The van der Waals surface area contributed by atoms with Crippen LogP contribution < -0.4 is 11.4 Å². The molecule has 0 saturated carbocycles. The Bertz CT molecular complexity index is 711. The van der Waals surface area contributed by atoms with Crippen LogP contribution in [0.4, 0.5) is 14.6 Å². The molecule has 0 bridgehead atoms. The second-order valence-corrected chi connectivity index (χ2v) is 5.78. The van der Waals surface area contributed by atoms with Gasteiger partial charge in [-0.3, -0.25) is 9.36 Å². The molecule has 26 heavy (non-hydrogen) atoms. The van der Waals surface area contributed by atoms with Crippen LogP contribution in [0, 0.1) is 0 Å². The number of aromatic nitrogens is 2. The standard InChI is InChI=1S/C15H19F2N3O6/c16-15(17)12(23)9(8-25-11(22)4-2-1-3-7-21)26-13(15)20-6-5-10(18)19-14(20)24/h5-7,9,12-13,23H,1-4,8H2,(H2,18,19,24)/t9-,12-,13-/m1/s1. The van der Waals surface area contributed by atoms with Gasteiger partial charge in [0.2, 0.25) is 6.23 Å². The summed E-state index contributed by atoms with van der Waals surface area (Å²) in [6, 6.07) is 1.14. The highest BCUT2D eigenvalue weighted by Crippen LogP contribution is 2.42. The number of aldehydes is 1. The van der Waals surface area contributed by atoms with Gasteiger partial charge in [0, 0.05) is 19.0 Å². The molecule has 0 radical (unpaired) electrons. The normalized spacial score (nSPS) is 24.3. The lowest BCUT2D eigenvalue weighted by atomic mass is 10.1. The molecule has 1 aromatic heterocycles. The number of hydrogen-bond acceptors (Lipinski definition) is 8. The number of unbranched alkanes of at least 4 members (excludes halogenated alkanes) is 2. The average Bonchev–Trinajstić information content (AvgIpc) is 2.80. The molecule has 0 amide bonds. The Morgan fingerprint density at radius 3 is 2.88 bits per heavy atom. The number of nitrogen functional groups attached to an aromatic ring is 1. The number of nitrogens with two attached hydrogens (primary N) is 1. The van der Waals surface area contributed by atoms with Crippen LogP contribution in [0.5, 0.6) is 0 Å². The Morgan fingerprint density at radius 2 is 2.23 bits per heavy atom. The van der Waals surface area contributed by atoms with Crippen molar-refractivity contribution in [3.8, 4) is 0 Å². The average molecular weight is 375 g/mol. The summed E-state index contributed by atoms with van der Waals surface area (Å²) < 4.78 is 38.9. The summed E-state index contributed by atoms with van der Waals surface area (Å²) in [7, 11) is 0. The fourth-order valence-electron chi connectivity index (χ4n) is 2.45. The summed E-state index contributed by atoms with van der Waals surface area (Å²) in [4.78, 5) is 36.8. The Balaban J connectivity index is 1.98. The number of aliphatic hydroxyl groups is 1. The van der Waals surface area contributed by atoms with Crippen LogP contribution in [0.3, 0.4) is 0 Å².